The quantitative estimate of drug-likeness (QED) is 0.899. The first kappa shape index (κ1) is 14.2. The second kappa shape index (κ2) is 5.84. The normalized spacial score (nSPS) is 12.0. The molecule has 0 bridgehead atoms. The molecule has 0 aliphatic rings. The third kappa shape index (κ3) is 3.22. The van der Waals surface area contributed by atoms with Crippen LogP contribution >= 0.6 is 0 Å². The van der Waals surface area contributed by atoms with Gasteiger partial charge < -0.3 is 11.1 Å². The van der Waals surface area contributed by atoms with Gasteiger partial charge >= 0.3 is 0 Å². The van der Waals surface area contributed by atoms with Crippen molar-refractivity contribution in [3.63, 3.8) is 0 Å². The zero-order valence-electron chi connectivity index (χ0n) is 11.5. The summed E-state index contributed by atoms with van der Waals surface area (Å²) in [6.45, 7) is 3.51. The number of carbonyl (C=O) groups excluding carboxylic acids is 1. The van der Waals surface area contributed by atoms with Gasteiger partial charge in [-0.3, -0.25) is 4.79 Å². The highest BCUT2D eigenvalue weighted by Gasteiger charge is 2.09. The van der Waals surface area contributed by atoms with E-state index in [4.69, 9.17) is 5.73 Å². The third-order valence-electron chi connectivity index (χ3n) is 3.09. The number of carbonyl (C=O) groups is 1. The van der Waals surface area contributed by atoms with Crippen molar-refractivity contribution in [1.29, 1.82) is 0 Å². The molecule has 0 saturated carbocycles. The molecular formula is C16H17FN2O. The Kier molecular flexibility index (Phi) is 4.15. The number of anilines is 1. The van der Waals surface area contributed by atoms with E-state index < -0.39 is 0 Å². The predicted octanol–water partition coefficient (Wildman–Crippen LogP) is 3.41. The Morgan fingerprint density at radius 1 is 1.25 bits per heavy atom. The van der Waals surface area contributed by atoms with Gasteiger partial charge in [0.1, 0.15) is 5.82 Å². The van der Waals surface area contributed by atoms with Crippen LogP contribution in [0.5, 0.6) is 0 Å². The van der Waals surface area contributed by atoms with E-state index in [2.05, 4.69) is 5.32 Å². The van der Waals surface area contributed by atoms with Gasteiger partial charge in [0.25, 0.3) is 5.91 Å². The van der Waals surface area contributed by atoms with E-state index in [0.717, 1.165) is 5.56 Å². The van der Waals surface area contributed by atoms with E-state index in [1.807, 2.05) is 25.1 Å². The Morgan fingerprint density at radius 2 is 2.00 bits per heavy atom. The zero-order chi connectivity index (χ0) is 14.7. The fraction of sp³-hybridized carbons (Fsp3) is 0.188. The molecule has 0 aromatic heterocycles. The summed E-state index contributed by atoms with van der Waals surface area (Å²) in [5.41, 5.74) is 8.29. The molecule has 1 unspecified atom stereocenters. The summed E-state index contributed by atoms with van der Waals surface area (Å²) in [7, 11) is 0. The summed E-state index contributed by atoms with van der Waals surface area (Å²) in [6.07, 6.45) is 0. The molecule has 2 aromatic carbocycles. The fourth-order valence-electron chi connectivity index (χ4n) is 1.89. The van der Waals surface area contributed by atoms with Crippen LogP contribution in [-0.4, -0.2) is 5.91 Å². The Hall–Kier alpha value is -2.20. The number of nitrogens with one attached hydrogen (secondary N) is 1. The summed E-state index contributed by atoms with van der Waals surface area (Å²) >= 11 is 0. The molecule has 0 saturated heterocycles. The molecule has 4 heteroatoms. The molecule has 0 aliphatic carbocycles. The highest BCUT2D eigenvalue weighted by Crippen LogP contribution is 2.17. The average Bonchev–Trinajstić information content (AvgIpc) is 2.42. The second-order valence-electron chi connectivity index (χ2n) is 4.83. The number of hydrogen-bond acceptors (Lipinski definition) is 2. The lowest BCUT2D eigenvalue weighted by Crippen LogP contribution is -2.13. The lowest BCUT2D eigenvalue weighted by Gasteiger charge is -2.10. The first-order valence-corrected chi connectivity index (χ1v) is 6.40. The van der Waals surface area contributed by atoms with Crippen molar-refractivity contribution < 1.29 is 9.18 Å². The van der Waals surface area contributed by atoms with Crippen molar-refractivity contribution in [2.45, 2.75) is 19.9 Å². The predicted molar refractivity (Wildman–Crippen MR) is 78.1 cm³/mol. The van der Waals surface area contributed by atoms with E-state index in [0.29, 0.717) is 16.8 Å². The van der Waals surface area contributed by atoms with Gasteiger partial charge in [-0.05, 0) is 55.3 Å². The maximum atomic E-state index is 13.2. The molecule has 3 N–H and O–H groups in total. The lowest BCUT2D eigenvalue weighted by molar-refractivity contribution is 0.102. The highest BCUT2D eigenvalue weighted by molar-refractivity contribution is 6.04. The number of nitrogens with two attached hydrogens (primary N) is 1. The molecule has 1 amide bonds. The van der Waals surface area contributed by atoms with Crippen LogP contribution in [-0.2, 0) is 0 Å². The summed E-state index contributed by atoms with van der Waals surface area (Å²) < 4.78 is 13.2. The number of amides is 1. The Labute approximate surface area is 117 Å². The average molecular weight is 272 g/mol. The minimum Gasteiger partial charge on any atom is -0.324 e. The van der Waals surface area contributed by atoms with Gasteiger partial charge in [0.15, 0.2) is 0 Å². The molecule has 2 rings (SSSR count). The maximum absolute atomic E-state index is 13.2. The van der Waals surface area contributed by atoms with Crippen molar-refractivity contribution in [2.24, 2.45) is 5.73 Å². The van der Waals surface area contributed by atoms with Crippen LogP contribution in [0.1, 0.15) is 34.5 Å². The number of rotatable bonds is 3. The first-order valence-electron chi connectivity index (χ1n) is 6.40. The van der Waals surface area contributed by atoms with Gasteiger partial charge in [-0.15, -0.1) is 0 Å². The molecule has 3 nitrogen and oxygen atoms in total. The van der Waals surface area contributed by atoms with Crippen LogP contribution in [0, 0.1) is 12.7 Å². The van der Waals surface area contributed by atoms with Crippen molar-refractivity contribution in [1.82, 2.24) is 0 Å². The van der Waals surface area contributed by atoms with Gasteiger partial charge in [0.2, 0.25) is 0 Å². The SMILES string of the molecule is Cc1cc(C(=O)Nc2cccc(C(C)N)c2)ccc1F. The molecule has 0 heterocycles. The fourth-order valence-corrected chi connectivity index (χ4v) is 1.89. The first-order chi connectivity index (χ1) is 9.47. The van der Waals surface area contributed by atoms with Gasteiger partial charge in [0.05, 0.1) is 0 Å². The largest absolute Gasteiger partial charge is 0.324 e. The standard InChI is InChI=1S/C16H17FN2O/c1-10-8-13(6-7-15(10)17)16(20)19-14-5-3-4-12(9-14)11(2)18/h3-9,11H,18H2,1-2H3,(H,19,20). The zero-order valence-corrected chi connectivity index (χ0v) is 11.5. The monoisotopic (exact) mass is 272 g/mol. The minimum atomic E-state index is -0.319. The maximum Gasteiger partial charge on any atom is 0.255 e. The van der Waals surface area contributed by atoms with Gasteiger partial charge in [-0.25, -0.2) is 4.39 Å². The van der Waals surface area contributed by atoms with Gasteiger partial charge in [-0.2, -0.15) is 0 Å². The molecule has 104 valence electrons. The third-order valence-corrected chi connectivity index (χ3v) is 3.09. The van der Waals surface area contributed by atoms with Crippen LogP contribution in [0.3, 0.4) is 0 Å². The Balaban J connectivity index is 2.19. The van der Waals surface area contributed by atoms with E-state index in [1.54, 1.807) is 13.0 Å². The van der Waals surface area contributed by atoms with Gasteiger partial charge in [0, 0.05) is 17.3 Å². The molecule has 0 aliphatic heterocycles. The van der Waals surface area contributed by atoms with Crippen molar-refractivity contribution in [3.8, 4) is 0 Å². The van der Waals surface area contributed by atoms with Crippen LogP contribution < -0.4 is 11.1 Å². The van der Waals surface area contributed by atoms with Crippen LogP contribution in [0.4, 0.5) is 10.1 Å². The van der Waals surface area contributed by atoms with Crippen LogP contribution in [0.2, 0.25) is 0 Å². The van der Waals surface area contributed by atoms with E-state index in [-0.39, 0.29) is 17.8 Å². The van der Waals surface area contributed by atoms with Crippen molar-refractivity contribution >= 4 is 11.6 Å². The van der Waals surface area contributed by atoms with Crippen molar-refractivity contribution in [2.75, 3.05) is 5.32 Å². The van der Waals surface area contributed by atoms with Crippen LogP contribution in [0.25, 0.3) is 0 Å². The molecule has 20 heavy (non-hydrogen) atoms. The summed E-state index contributed by atoms with van der Waals surface area (Å²) in [6, 6.07) is 11.6. The number of hydrogen-bond donors (Lipinski definition) is 2. The van der Waals surface area contributed by atoms with Crippen molar-refractivity contribution in [3.05, 3.63) is 65.0 Å². The molecular weight excluding hydrogens is 255 g/mol. The molecule has 1 atom stereocenters. The number of halogens is 1. The van der Waals surface area contributed by atoms with E-state index >= 15 is 0 Å². The molecule has 0 spiro atoms. The topological polar surface area (TPSA) is 55.1 Å². The summed E-state index contributed by atoms with van der Waals surface area (Å²) in [4.78, 5) is 12.1. The minimum absolute atomic E-state index is 0.0973. The lowest BCUT2D eigenvalue weighted by atomic mass is 10.1. The Bertz CT molecular complexity index is 638. The number of aryl methyl sites for hydroxylation is 1. The smallest absolute Gasteiger partial charge is 0.255 e. The van der Waals surface area contributed by atoms with Gasteiger partial charge in [-0.1, -0.05) is 12.1 Å². The van der Waals surface area contributed by atoms with E-state index in [9.17, 15) is 9.18 Å². The summed E-state index contributed by atoms with van der Waals surface area (Å²) in [5.74, 6) is -0.588. The summed E-state index contributed by atoms with van der Waals surface area (Å²) in [5, 5.41) is 2.78. The van der Waals surface area contributed by atoms with E-state index in [1.165, 1.54) is 18.2 Å². The highest BCUT2D eigenvalue weighted by atomic mass is 19.1. The molecule has 0 fully saturated rings. The molecule has 0 radical (unpaired) electrons. The second-order valence-corrected chi connectivity index (χ2v) is 4.83. The van der Waals surface area contributed by atoms with Crippen LogP contribution in [0.15, 0.2) is 42.5 Å². The number of benzene rings is 2. The molecule has 2 aromatic rings. The Morgan fingerprint density at radius 3 is 2.65 bits per heavy atom.